The first kappa shape index (κ1) is 26.9. The van der Waals surface area contributed by atoms with E-state index < -0.39 is 11.5 Å². The van der Waals surface area contributed by atoms with Gasteiger partial charge in [0, 0.05) is 31.4 Å². The number of aromatic nitrogens is 4. The second-order valence-electron chi connectivity index (χ2n) is 10.5. The van der Waals surface area contributed by atoms with Crippen LogP contribution in [0.3, 0.4) is 0 Å². The highest BCUT2D eigenvalue weighted by molar-refractivity contribution is 6.36. The summed E-state index contributed by atoms with van der Waals surface area (Å²) < 4.78 is 21.7. The summed E-state index contributed by atoms with van der Waals surface area (Å²) >= 11 is 6.99. The Labute approximate surface area is 240 Å². The highest BCUT2D eigenvalue weighted by Gasteiger charge is 2.37. The third-order valence-corrected chi connectivity index (χ3v) is 7.96. The molecule has 0 N–H and O–H groups in total. The molecule has 41 heavy (non-hydrogen) atoms. The monoisotopic (exact) mass is 574 g/mol. The van der Waals surface area contributed by atoms with E-state index >= 15 is 0 Å². The van der Waals surface area contributed by atoms with Crippen molar-refractivity contribution >= 4 is 34.4 Å². The Morgan fingerprint density at radius 3 is 2.66 bits per heavy atom. The summed E-state index contributed by atoms with van der Waals surface area (Å²) in [5.74, 6) is 0.160. The summed E-state index contributed by atoms with van der Waals surface area (Å²) in [6, 6.07) is 7.37. The fourth-order valence-corrected chi connectivity index (χ4v) is 5.89. The summed E-state index contributed by atoms with van der Waals surface area (Å²) in [5, 5.41) is 0.715. The number of pyridine rings is 2. The molecule has 1 aromatic carbocycles. The minimum absolute atomic E-state index is 0.00153. The first-order valence-electron chi connectivity index (χ1n) is 13.4. The number of carbonyl (C=O) groups is 1. The molecule has 9 nitrogen and oxygen atoms in total. The second-order valence-corrected chi connectivity index (χ2v) is 10.9. The Morgan fingerprint density at radius 2 is 1.95 bits per heavy atom. The minimum Gasteiger partial charge on any atom is -0.489 e. The van der Waals surface area contributed by atoms with Crippen molar-refractivity contribution in [3.63, 3.8) is 0 Å². The van der Waals surface area contributed by atoms with Gasteiger partial charge in [-0.3, -0.25) is 9.78 Å². The maximum Gasteiger partial charge on any atom is 0.355 e. The quantitative estimate of drug-likeness (QED) is 0.327. The van der Waals surface area contributed by atoms with Gasteiger partial charge in [0.2, 0.25) is 5.91 Å². The van der Waals surface area contributed by atoms with Crippen LogP contribution >= 0.6 is 11.6 Å². The van der Waals surface area contributed by atoms with Gasteiger partial charge in [0.25, 0.3) is 0 Å². The van der Waals surface area contributed by atoms with Crippen molar-refractivity contribution < 1.29 is 13.9 Å². The standard InChI is InChI=1S/C30H28ClFN6O3/c1-5-21(39)36-12-13-37-20(14-36)15-41-27-22-28(37)35-30(40)38(26-17(4)10-11-33-24(26)16(2)3)29(22)34-25(23(27)31)18-6-8-19(32)9-7-18/h5-11,16,20H,1,12-15H2,2-4H3/t20-/m0/s1. The van der Waals surface area contributed by atoms with E-state index in [2.05, 4.69) is 16.5 Å². The van der Waals surface area contributed by atoms with Crippen LogP contribution in [0.25, 0.3) is 28.0 Å². The lowest BCUT2D eigenvalue weighted by Gasteiger charge is -2.40. The molecule has 11 heteroatoms. The number of ether oxygens (including phenoxy) is 1. The number of rotatable bonds is 4. The molecule has 1 atom stereocenters. The van der Waals surface area contributed by atoms with Gasteiger partial charge in [0.05, 0.1) is 23.1 Å². The molecule has 1 saturated heterocycles. The molecule has 0 saturated carbocycles. The summed E-state index contributed by atoms with van der Waals surface area (Å²) in [4.78, 5) is 44.3. The van der Waals surface area contributed by atoms with Crippen LogP contribution in [-0.2, 0) is 4.79 Å². The van der Waals surface area contributed by atoms with Crippen molar-refractivity contribution in [2.75, 3.05) is 31.1 Å². The number of fused-ring (bicyclic) bond motifs is 2. The predicted octanol–water partition coefficient (Wildman–Crippen LogP) is 4.66. The molecule has 2 aliphatic heterocycles. The van der Waals surface area contributed by atoms with E-state index in [4.69, 9.17) is 21.3 Å². The zero-order chi connectivity index (χ0) is 29.0. The largest absolute Gasteiger partial charge is 0.489 e. The maximum absolute atomic E-state index is 14.0. The highest BCUT2D eigenvalue weighted by Crippen LogP contribution is 2.45. The van der Waals surface area contributed by atoms with Gasteiger partial charge >= 0.3 is 5.69 Å². The lowest BCUT2D eigenvalue weighted by Crippen LogP contribution is -2.56. The van der Waals surface area contributed by atoms with Crippen molar-refractivity contribution in [2.24, 2.45) is 0 Å². The molecule has 1 fully saturated rings. The number of halogens is 2. The van der Waals surface area contributed by atoms with Crippen LogP contribution in [0.15, 0.2) is 54.0 Å². The van der Waals surface area contributed by atoms with Gasteiger partial charge in [0.1, 0.15) is 28.7 Å². The van der Waals surface area contributed by atoms with Gasteiger partial charge < -0.3 is 14.5 Å². The number of nitrogens with zero attached hydrogens (tertiary/aromatic N) is 6. The Morgan fingerprint density at radius 1 is 1.20 bits per heavy atom. The third kappa shape index (κ3) is 4.42. The van der Waals surface area contributed by atoms with E-state index in [-0.39, 0.29) is 29.5 Å². The zero-order valence-corrected chi connectivity index (χ0v) is 23.7. The Balaban J connectivity index is 1.68. The van der Waals surface area contributed by atoms with Crippen LogP contribution in [0.2, 0.25) is 5.02 Å². The Kier molecular flexibility index (Phi) is 6.73. The number of anilines is 1. The van der Waals surface area contributed by atoms with Crippen LogP contribution in [-0.4, -0.2) is 62.6 Å². The average molecular weight is 575 g/mol. The maximum atomic E-state index is 14.0. The molecule has 0 bridgehead atoms. The van der Waals surface area contributed by atoms with E-state index in [1.54, 1.807) is 23.2 Å². The van der Waals surface area contributed by atoms with E-state index in [0.29, 0.717) is 59.2 Å². The SMILES string of the molecule is C=CC(=O)N1CCN2c3nc(=O)n(-c4c(C)ccnc4C(C)C)c4nc(-c5ccc(F)cc5)c(Cl)c(c34)OC[C@@H]2C1. The van der Waals surface area contributed by atoms with Gasteiger partial charge in [0.15, 0.2) is 11.4 Å². The fraction of sp³-hybridized carbons (Fsp3) is 0.300. The Bertz CT molecular complexity index is 1770. The van der Waals surface area contributed by atoms with E-state index in [9.17, 15) is 14.0 Å². The van der Waals surface area contributed by atoms with E-state index in [1.807, 2.05) is 31.7 Å². The molecular formula is C30H28ClFN6O3. The molecular weight excluding hydrogens is 547 g/mol. The lowest BCUT2D eigenvalue weighted by atomic mass is 10.0. The normalized spacial score (nSPS) is 16.4. The number of aryl methyl sites for hydroxylation is 1. The molecule has 0 unspecified atom stereocenters. The van der Waals surface area contributed by atoms with Crippen LogP contribution in [0, 0.1) is 12.7 Å². The van der Waals surface area contributed by atoms with Crippen molar-refractivity contribution in [3.8, 4) is 22.7 Å². The van der Waals surface area contributed by atoms with Gasteiger partial charge in [-0.25, -0.2) is 18.7 Å². The molecule has 0 radical (unpaired) electrons. The van der Waals surface area contributed by atoms with Crippen LogP contribution in [0.1, 0.15) is 31.0 Å². The van der Waals surface area contributed by atoms with Crippen LogP contribution in [0.4, 0.5) is 10.2 Å². The fourth-order valence-electron chi connectivity index (χ4n) is 5.59. The molecule has 5 heterocycles. The lowest BCUT2D eigenvalue weighted by molar-refractivity contribution is -0.126. The van der Waals surface area contributed by atoms with Crippen molar-refractivity contribution in [3.05, 3.63) is 81.8 Å². The first-order chi connectivity index (χ1) is 19.7. The number of piperazine rings is 1. The number of hydrogen-bond acceptors (Lipinski definition) is 7. The molecule has 210 valence electrons. The smallest absolute Gasteiger partial charge is 0.355 e. The number of benzene rings is 1. The van der Waals surface area contributed by atoms with Gasteiger partial charge in [-0.1, -0.05) is 32.0 Å². The summed E-state index contributed by atoms with van der Waals surface area (Å²) in [6.07, 6.45) is 3.01. The summed E-state index contributed by atoms with van der Waals surface area (Å²) in [5.41, 5.74) is 2.83. The third-order valence-electron chi connectivity index (χ3n) is 7.61. The zero-order valence-electron chi connectivity index (χ0n) is 22.9. The second kappa shape index (κ2) is 10.3. The van der Waals surface area contributed by atoms with Crippen molar-refractivity contribution in [2.45, 2.75) is 32.7 Å². The van der Waals surface area contributed by atoms with E-state index in [1.165, 1.54) is 22.8 Å². The van der Waals surface area contributed by atoms with Gasteiger partial charge in [-0.05, 0) is 54.8 Å². The molecule has 4 aromatic rings. The highest BCUT2D eigenvalue weighted by atomic mass is 35.5. The van der Waals surface area contributed by atoms with E-state index in [0.717, 1.165) is 11.3 Å². The molecule has 2 aliphatic rings. The van der Waals surface area contributed by atoms with Crippen LogP contribution in [0.5, 0.6) is 5.75 Å². The Hall–Kier alpha value is -4.31. The summed E-state index contributed by atoms with van der Waals surface area (Å²) in [7, 11) is 0. The van der Waals surface area contributed by atoms with Crippen molar-refractivity contribution in [1.82, 2.24) is 24.4 Å². The number of amides is 1. The average Bonchev–Trinajstić information content (AvgIpc) is 3.12. The topological polar surface area (TPSA) is 93.5 Å². The van der Waals surface area contributed by atoms with Crippen LogP contribution < -0.4 is 15.3 Å². The minimum atomic E-state index is -0.526. The van der Waals surface area contributed by atoms with Gasteiger partial charge in [-0.2, -0.15) is 4.98 Å². The predicted molar refractivity (Wildman–Crippen MR) is 156 cm³/mol. The van der Waals surface area contributed by atoms with Crippen molar-refractivity contribution in [1.29, 1.82) is 0 Å². The molecule has 1 amide bonds. The first-order valence-corrected chi connectivity index (χ1v) is 13.8. The summed E-state index contributed by atoms with van der Waals surface area (Å²) in [6.45, 7) is 10.9. The number of hydrogen-bond donors (Lipinski definition) is 0. The molecule has 0 aliphatic carbocycles. The molecule has 0 spiro atoms. The molecule has 3 aromatic heterocycles. The number of carbonyl (C=O) groups excluding carboxylic acids is 1. The molecule has 6 rings (SSSR count). The van der Waals surface area contributed by atoms with Gasteiger partial charge in [-0.15, -0.1) is 0 Å².